The van der Waals surface area contributed by atoms with Gasteiger partial charge in [0, 0.05) is 37.6 Å². The zero-order chi connectivity index (χ0) is 22.6. The maximum atomic E-state index is 12.4. The van der Waals surface area contributed by atoms with Gasteiger partial charge in [-0.15, -0.1) is 0 Å². The predicted molar refractivity (Wildman–Crippen MR) is 118 cm³/mol. The van der Waals surface area contributed by atoms with E-state index < -0.39 is 5.54 Å². The summed E-state index contributed by atoms with van der Waals surface area (Å²) in [4.78, 5) is 40.3. The van der Waals surface area contributed by atoms with Crippen LogP contribution < -0.4 is 16.0 Å². The number of rotatable bonds is 6. The van der Waals surface area contributed by atoms with Crippen LogP contribution in [-0.2, 0) is 32.8 Å². The molecule has 0 bridgehead atoms. The van der Waals surface area contributed by atoms with Gasteiger partial charge in [0.05, 0.1) is 0 Å². The summed E-state index contributed by atoms with van der Waals surface area (Å²) in [6.45, 7) is 1.51. The average Bonchev–Trinajstić information content (AvgIpc) is 3.12. The van der Waals surface area contributed by atoms with Gasteiger partial charge < -0.3 is 20.5 Å². The van der Waals surface area contributed by atoms with Crippen LogP contribution in [0.25, 0.3) is 0 Å². The normalized spacial score (nSPS) is 17.6. The molecule has 32 heavy (non-hydrogen) atoms. The second kappa shape index (κ2) is 9.50. The molecule has 0 unspecified atom stereocenters. The molecule has 0 spiro atoms. The summed E-state index contributed by atoms with van der Waals surface area (Å²) in [6.07, 6.45) is 7.43. The van der Waals surface area contributed by atoms with Crippen LogP contribution in [0, 0.1) is 0 Å². The molecule has 1 saturated carbocycles. The van der Waals surface area contributed by atoms with Crippen molar-refractivity contribution in [3.05, 3.63) is 35.5 Å². The Morgan fingerprint density at radius 3 is 2.69 bits per heavy atom. The van der Waals surface area contributed by atoms with Crippen LogP contribution in [0.3, 0.4) is 0 Å². The molecular weight excluding hydrogens is 410 g/mol. The van der Waals surface area contributed by atoms with Gasteiger partial charge in [-0.05, 0) is 43.0 Å². The zero-order valence-electron chi connectivity index (χ0n) is 18.3. The van der Waals surface area contributed by atoms with Crippen LogP contribution in [0.15, 0.2) is 22.7 Å². The number of benzene rings is 1. The van der Waals surface area contributed by atoms with E-state index in [1.165, 1.54) is 6.92 Å². The van der Waals surface area contributed by atoms with E-state index in [4.69, 9.17) is 4.52 Å². The van der Waals surface area contributed by atoms with Crippen molar-refractivity contribution in [3.63, 3.8) is 0 Å². The molecule has 4 rings (SSSR count). The van der Waals surface area contributed by atoms with Gasteiger partial charge in [-0.3, -0.25) is 14.4 Å². The average molecular weight is 440 g/mol. The fourth-order valence-corrected chi connectivity index (χ4v) is 4.53. The smallest absolute Gasteiger partial charge is 0.227 e. The third kappa shape index (κ3) is 5.15. The first-order valence-electron chi connectivity index (χ1n) is 11.3. The number of anilines is 2. The van der Waals surface area contributed by atoms with Gasteiger partial charge in [-0.1, -0.05) is 30.8 Å². The highest BCUT2D eigenvalue weighted by Crippen LogP contribution is 2.34. The molecule has 2 heterocycles. The van der Waals surface area contributed by atoms with Crippen LogP contribution in [-0.4, -0.2) is 27.9 Å². The summed E-state index contributed by atoms with van der Waals surface area (Å²) in [7, 11) is 0. The Bertz CT molecular complexity index is 1010. The third-order valence-corrected chi connectivity index (χ3v) is 6.12. The third-order valence-electron chi connectivity index (χ3n) is 6.12. The lowest BCUT2D eigenvalue weighted by molar-refractivity contribution is -0.121. The maximum Gasteiger partial charge on any atom is 0.227 e. The number of amides is 3. The molecule has 9 heteroatoms. The largest absolute Gasteiger partial charge is 0.343 e. The molecule has 1 aromatic carbocycles. The first kappa shape index (κ1) is 22.0. The Morgan fingerprint density at radius 2 is 1.94 bits per heavy atom. The molecule has 9 nitrogen and oxygen atoms in total. The molecule has 0 atom stereocenters. The second-order valence-corrected chi connectivity index (χ2v) is 8.66. The number of nitrogens with one attached hydrogen (secondary N) is 3. The van der Waals surface area contributed by atoms with Gasteiger partial charge >= 0.3 is 0 Å². The van der Waals surface area contributed by atoms with Gasteiger partial charge in [-0.2, -0.15) is 4.98 Å². The summed E-state index contributed by atoms with van der Waals surface area (Å²) in [5, 5.41) is 12.9. The van der Waals surface area contributed by atoms with E-state index in [0.29, 0.717) is 36.7 Å². The summed E-state index contributed by atoms with van der Waals surface area (Å²) < 4.78 is 5.42. The number of carbonyl (C=O) groups is 3. The van der Waals surface area contributed by atoms with E-state index in [-0.39, 0.29) is 24.1 Å². The topological polar surface area (TPSA) is 126 Å². The molecule has 0 saturated heterocycles. The van der Waals surface area contributed by atoms with Gasteiger partial charge in [0.25, 0.3) is 0 Å². The Kier molecular flexibility index (Phi) is 6.53. The summed E-state index contributed by atoms with van der Waals surface area (Å²) in [5.41, 5.74) is 1.91. The van der Waals surface area contributed by atoms with Crippen molar-refractivity contribution in [1.82, 2.24) is 15.5 Å². The number of fused-ring (bicyclic) bond motifs is 1. The molecule has 2 aromatic rings. The number of aryl methyl sites for hydroxylation is 2. The Labute approximate surface area is 186 Å². The Balaban J connectivity index is 1.37. The fraction of sp³-hybridized carbons (Fsp3) is 0.522. The van der Waals surface area contributed by atoms with E-state index in [2.05, 4.69) is 26.1 Å². The minimum Gasteiger partial charge on any atom is -0.343 e. The van der Waals surface area contributed by atoms with Crippen molar-refractivity contribution in [2.24, 2.45) is 0 Å². The Hall–Kier alpha value is -3.23. The summed E-state index contributed by atoms with van der Waals surface area (Å²) in [6, 6.07) is 5.47. The Morgan fingerprint density at radius 1 is 1.16 bits per heavy atom. The van der Waals surface area contributed by atoms with Crippen molar-refractivity contribution in [1.29, 1.82) is 0 Å². The lowest BCUT2D eigenvalue weighted by Crippen LogP contribution is -2.45. The van der Waals surface area contributed by atoms with Crippen LogP contribution in [0.5, 0.6) is 0 Å². The number of hydrogen-bond donors (Lipinski definition) is 3. The first-order valence-corrected chi connectivity index (χ1v) is 11.3. The predicted octanol–water partition coefficient (Wildman–Crippen LogP) is 3.21. The molecule has 170 valence electrons. The number of hydrogen-bond acceptors (Lipinski definition) is 6. The van der Waals surface area contributed by atoms with E-state index in [1.54, 1.807) is 12.1 Å². The number of nitrogens with zero attached hydrogens (tertiary/aromatic N) is 2. The van der Waals surface area contributed by atoms with Gasteiger partial charge in [0.1, 0.15) is 5.54 Å². The van der Waals surface area contributed by atoms with E-state index >= 15 is 0 Å². The fourth-order valence-electron chi connectivity index (χ4n) is 4.53. The SMILES string of the molecule is CC(=O)NC1(c2noc(CCC(=O)Nc3ccc4c(c3)CCC(=O)N4)n2)CCCCCC1. The van der Waals surface area contributed by atoms with Gasteiger partial charge in [-0.25, -0.2) is 0 Å². The van der Waals surface area contributed by atoms with Crippen LogP contribution >= 0.6 is 0 Å². The highest BCUT2D eigenvalue weighted by Gasteiger charge is 2.38. The van der Waals surface area contributed by atoms with Gasteiger partial charge in [0.15, 0.2) is 5.82 Å². The van der Waals surface area contributed by atoms with E-state index in [0.717, 1.165) is 49.8 Å². The van der Waals surface area contributed by atoms with Crippen molar-refractivity contribution >= 4 is 29.1 Å². The van der Waals surface area contributed by atoms with Crippen molar-refractivity contribution in [2.75, 3.05) is 10.6 Å². The number of aromatic nitrogens is 2. The quantitative estimate of drug-likeness (QED) is 0.593. The van der Waals surface area contributed by atoms with Crippen LogP contribution in [0.1, 0.15) is 75.6 Å². The second-order valence-electron chi connectivity index (χ2n) is 8.66. The summed E-state index contributed by atoms with van der Waals surface area (Å²) >= 11 is 0. The van der Waals surface area contributed by atoms with Gasteiger partial charge in [0.2, 0.25) is 23.6 Å². The zero-order valence-corrected chi connectivity index (χ0v) is 18.3. The van der Waals surface area contributed by atoms with Crippen molar-refractivity contribution in [3.8, 4) is 0 Å². The molecular formula is C23H29N5O4. The molecule has 1 aromatic heterocycles. The molecule has 1 aliphatic carbocycles. The standard InChI is InChI=1S/C23H29N5O4/c1-15(29)27-23(12-4-2-3-5-13-23)22-26-21(32-28-22)11-10-19(30)24-17-7-8-18-16(14-17)6-9-20(31)25-18/h7-8,14H,2-6,9-13H2,1H3,(H,24,30)(H,25,31)(H,27,29). The highest BCUT2D eigenvalue weighted by atomic mass is 16.5. The van der Waals surface area contributed by atoms with E-state index in [1.807, 2.05) is 6.07 Å². The lowest BCUT2D eigenvalue weighted by atomic mass is 9.89. The molecule has 0 radical (unpaired) electrons. The molecule has 3 amide bonds. The minimum atomic E-state index is -0.592. The first-order chi connectivity index (χ1) is 15.4. The minimum absolute atomic E-state index is 0.0114. The molecule has 2 aliphatic rings. The maximum absolute atomic E-state index is 12.4. The molecule has 3 N–H and O–H groups in total. The molecule has 1 aliphatic heterocycles. The van der Waals surface area contributed by atoms with Crippen molar-refractivity contribution in [2.45, 2.75) is 76.7 Å². The van der Waals surface area contributed by atoms with E-state index in [9.17, 15) is 14.4 Å². The summed E-state index contributed by atoms with van der Waals surface area (Å²) in [5.74, 6) is 0.634. The van der Waals surface area contributed by atoms with Crippen LogP contribution in [0.4, 0.5) is 11.4 Å². The highest BCUT2D eigenvalue weighted by molar-refractivity contribution is 5.95. The van der Waals surface area contributed by atoms with Crippen molar-refractivity contribution < 1.29 is 18.9 Å². The lowest BCUT2D eigenvalue weighted by Gasteiger charge is -2.30. The molecule has 1 fully saturated rings. The monoisotopic (exact) mass is 439 g/mol. The van der Waals surface area contributed by atoms with Crippen LogP contribution in [0.2, 0.25) is 0 Å². The number of carbonyl (C=O) groups excluding carboxylic acids is 3.